The molecular formula is C120H132N12O13S4. The molecule has 19 rings (SSSR count). The van der Waals surface area contributed by atoms with Crippen LogP contribution in [0.15, 0.2) is 289 Å². The van der Waals surface area contributed by atoms with Crippen LogP contribution in [-0.2, 0) is 85.0 Å². The van der Waals surface area contributed by atoms with E-state index in [-0.39, 0.29) is 56.9 Å². The average molecular weight is 2080 g/mol. The summed E-state index contributed by atoms with van der Waals surface area (Å²) in [7, 11) is 3.36. The van der Waals surface area contributed by atoms with E-state index in [1.54, 1.807) is 36.9 Å². The summed E-state index contributed by atoms with van der Waals surface area (Å²) in [6.45, 7) is 31.6. The first-order valence-corrected chi connectivity index (χ1v) is 54.3. The number of amides is 3. The van der Waals surface area contributed by atoms with Crippen molar-refractivity contribution in [3.8, 4) is 57.5 Å². The molecule has 11 aromatic carbocycles. The normalized spacial score (nSPS) is 12.4. The van der Waals surface area contributed by atoms with Gasteiger partial charge in [0.1, 0.15) is 48.6 Å². The third kappa shape index (κ3) is 32.4. The van der Waals surface area contributed by atoms with Gasteiger partial charge in [0.15, 0.2) is 46.0 Å². The summed E-state index contributed by atoms with van der Waals surface area (Å²) >= 11 is 6.27. The lowest BCUT2D eigenvalue weighted by Crippen LogP contribution is -2.33. The van der Waals surface area contributed by atoms with Gasteiger partial charge in [-0.2, -0.15) is 0 Å². The van der Waals surface area contributed by atoms with Gasteiger partial charge < -0.3 is 68.2 Å². The van der Waals surface area contributed by atoms with Crippen LogP contribution >= 0.6 is 45.3 Å². The topological polar surface area (TPSA) is 247 Å². The number of nitrogens with zero attached hydrogens (tertiary/aromatic N) is 9. The number of rotatable bonds is 46. The van der Waals surface area contributed by atoms with Crippen LogP contribution in [0, 0.1) is 19.8 Å². The minimum absolute atomic E-state index is 0.0219. The van der Waals surface area contributed by atoms with Gasteiger partial charge in [0, 0.05) is 112 Å². The van der Waals surface area contributed by atoms with Gasteiger partial charge in [0.25, 0.3) is 17.7 Å². The second-order valence-electron chi connectivity index (χ2n) is 37.9. The number of carbonyl (C=O) groups is 3. The molecule has 774 valence electrons. The maximum atomic E-state index is 13.1. The van der Waals surface area contributed by atoms with Crippen molar-refractivity contribution in [1.29, 1.82) is 0 Å². The van der Waals surface area contributed by atoms with Gasteiger partial charge in [0.2, 0.25) is 27.2 Å². The third-order valence-corrected chi connectivity index (χ3v) is 28.7. The molecule has 0 bridgehead atoms. The molecule has 4 aromatic heterocycles. The van der Waals surface area contributed by atoms with Gasteiger partial charge in [-0.25, -0.2) is 19.9 Å². The van der Waals surface area contributed by atoms with Crippen molar-refractivity contribution in [3.63, 3.8) is 0 Å². The molecule has 3 amide bonds. The second-order valence-corrected chi connectivity index (χ2v) is 41.6. The summed E-state index contributed by atoms with van der Waals surface area (Å²) in [5.41, 5.74) is 19.0. The van der Waals surface area contributed by atoms with Gasteiger partial charge in [-0.1, -0.05) is 233 Å². The van der Waals surface area contributed by atoms with Crippen LogP contribution in [0.3, 0.4) is 0 Å². The Morgan fingerprint density at radius 1 is 0.362 bits per heavy atom. The number of hydrogen-bond donors (Lipinski definition) is 3. The number of aromatic nitrogens is 4. The highest BCUT2D eigenvalue weighted by atomic mass is 32.1. The minimum Gasteiger partial charge on any atom is -0.497 e. The molecule has 4 aliphatic heterocycles. The Kier molecular flexibility index (Phi) is 39.4. The van der Waals surface area contributed by atoms with Crippen LogP contribution in [0.1, 0.15) is 196 Å². The zero-order valence-corrected chi connectivity index (χ0v) is 89.5. The largest absolute Gasteiger partial charge is 0.497 e. The number of carbonyl (C=O) groups excluding carboxylic acids is 3. The smallest absolute Gasteiger partial charge is 0.273 e. The summed E-state index contributed by atoms with van der Waals surface area (Å²) in [6, 6.07) is 89.3. The van der Waals surface area contributed by atoms with Crippen LogP contribution < -0.4 is 63.3 Å². The fraction of sp³-hybridized carbons (Fsp3) is 0.308. The molecule has 25 nitrogen and oxygen atoms in total. The molecule has 15 aromatic rings. The van der Waals surface area contributed by atoms with Gasteiger partial charge in [0.05, 0.1) is 51.8 Å². The Balaban J connectivity index is 0.000000142. The number of methoxy groups -OCH3 is 2. The molecule has 1 unspecified atom stereocenters. The number of nitrogens with one attached hydrogen (secondary N) is 3. The number of benzene rings is 11. The molecule has 8 heterocycles. The molecule has 0 spiro atoms. The van der Waals surface area contributed by atoms with Crippen molar-refractivity contribution in [2.45, 2.75) is 171 Å². The first kappa shape index (κ1) is 107. The summed E-state index contributed by atoms with van der Waals surface area (Å²) in [4.78, 5) is 69.3. The third-order valence-electron chi connectivity index (χ3n) is 25.4. The zero-order chi connectivity index (χ0) is 104. The molecular weight excluding hydrogens is 1950 g/mol. The maximum Gasteiger partial charge on any atom is 0.273 e. The molecule has 0 aliphatic carbocycles. The maximum absolute atomic E-state index is 13.1. The average Bonchev–Trinajstić information content (AvgIpc) is 1.68. The summed E-state index contributed by atoms with van der Waals surface area (Å²) in [5.74, 6) is 8.53. The molecule has 0 saturated carbocycles. The Morgan fingerprint density at radius 2 is 0.685 bits per heavy atom. The van der Waals surface area contributed by atoms with Crippen molar-refractivity contribution < 1.29 is 61.8 Å². The van der Waals surface area contributed by atoms with Crippen molar-refractivity contribution in [3.05, 3.63) is 404 Å². The predicted molar refractivity (Wildman–Crippen MR) is 591 cm³/mol. The van der Waals surface area contributed by atoms with Crippen LogP contribution in [0.5, 0.6) is 57.5 Å². The summed E-state index contributed by atoms with van der Waals surface area (Å²) < 4.78 is 54.8. The molecule has 29 heteroatoms. The second kappa shape index (κ2) is 54.6. The zero-order valence-electron chi connectivity index (χ0n) is 86.2. The lowest BCUT2D eigenvalue weighted by molar-refractivity contribution is 0.0749. The van der Waals surface area contributed by atoms with E-state index in [0.29, 0.717) is 62.3 Å². The molecule has 0 radical (unpaired) electrons. The van der Waals surface area contributed by atoms with Gasteiger partial charge in [-0.3, -0.25) is 34.0 Å². The standard InChI is InChI=1S/C36H35N3O3S.C31H33N3O3S.C27H33N3O4S.C26H31N3O3S/c1-26-12-14-27(15-13-26)21-39(22-28-16-17-33-34(20-28)42-25-41-33)23-35-38-32(24-43-35)36(40)37-19-18-31(29-8-4-2-5-9-29)30-10-6-3-7-11-30;1-22-8-11-25(12-9-22)17-34(18-26-14-15-28-29(16-26)37-21-36-28)19-30-33-27(20-38-30)31(35)32-23(2)10-13-24-6-4-3-5-7-24;1-4-12-30(13-5-2)27(31)23-18-35-26(28-23)17-29(15-20-6-9-22(32-3)10-7-20)16-21-8-11-24-25(14-21)34-19-33-24;1-18(2)12-27-19(3)23-16-33-26(28-23)15-29(13-20-5-8-22(30-4)9-6-20)14-21-7-10-24-25(11-21)32-17-31-24/h2-17,20,24,31H,18-19,21-23,25H2,1H3,(H,37,40);3-9,11-12,14-16,20,23H,10,13,17-19,21H2,1-2H3,(H,32,35);6-11,14,18H,4-5,12-13,15-17,19H2,1-3H3;5-11,16,18,27H,3,12-15,17H2,1-2,4H3. The Hall–Kier alpha value is -14.3. The summed E-state index contributed by atoms with van der Waals surface area (Å²) in [5, 5.41) is 21.1. The van der Waals surface area contributed by atoms with Crippen LogP contribution in [0.2, 0.25) is 0 Å². The van der Waals surface area contributed by atoms with E-state index in [1.807, 2.05) is 125 Å². The molecule has 0 saturated heterocycles. The van der Waals surface area contributed by atoms with E-state index < -0.39 is 0 Å². The van der Waals surface area contributed by atoms with Crippen molar-refractivity contribution >= 4 is 68.8 Å². The van der Waals surface area contributed by atoms with E-state index in [9.17, 15) is 14.4 Å². The first-order chi connectivity index (χ1) is 72.7. The van der Waals surface area contributed by atoms with Crippen molar-refractivity contribution in [2.75, 3.05) is 67.6 Å². The SMILES string of the molecule is C=C(NCC(C)C)c1csc(CN(Cc2ccc(OC)cc2)Cc2ccc3c(c2)OCO3)n1.CCCN(CCC)C(=O)c1csc(CN(Cc2ccc(OC)cc2)Cc2ccc3c(c2)OCO3)n1.Cc1ccc(CN(Cc2ccc3c(c2)OCO3)Cc2nc(C(=O)NC(C)CCc3ccccc3)cs2)cc1.Cc1ccc(CN(Cc2ccc3c(c2)OCO3)Cc2nc(C(=O)NCCC(c3ccccc3)c3ccccc3)cs2)cc1. The van der Waals surface area contributed by atoms with Crippen LogP contribution in [0.25, 0.3) is 5.70 Å². The molecule has 4 aliphatic rings. The lowest BCUT2D eigenvalue weighted by Gasteiger charge is -2.22. The number of hydrogen-bond acceptors (Lipinski definition) is 26. The van der Waals surface area contributed by atoms with Crippen molar-refractivity contribution in [1.82, 2.24) is 60.4 Å². The Morgan fingerprint density at radius 3 is 1.05 bits per heavy atom. The lowest BCUT2D eigenvalue weighted by atomic mass is 9.88. The van der Waals surface area contributed by atoms with E-state index in [0.717, 1.165) is 203 Å². The fourth-order valence-corrected chi connectivity index (χ4v) is 20.9. The van der Waals surface area contributed by atoms with Crippen LogP contribution in [-0.4, -0.2) is 136 Å². The fourth-order valence-electron chi connectivity index (χ4n) is 17.6. The summed E-state index contributed by atoms with van der Waals surface area (Å²) in [6.07, 6.45) is 4.49. The number of aryl methyl sites for hydroxylation is 3. The molecule has 1 atom stereocenters. The number of thiazole rings is 4. The van der Waals surface area contributed by atoms with E-state index in [4.69, 9.17) is 67.3 Å². The van der Waals surface area contributed by atoms with E-state index in [1.165, 1.54) is 78.3 Å². The van der Waals surface area contributed by atoms with E-state index in [2.05, 4.69) is 253 Å². The Labute approximate surface area is 890 Å². The van der Waals surface area contributed by atoms with Gasteiger partial charge in [-0.15, -0.1) is 45.3 Å². The number of fused-ring (bicyclic) bond motifs is 4. The quantitative estimate of drug-likeness (QED) is 0.0321. The van der Waals surface area contributed by atoms with Crippen molar-refractivity contribution in [2.24, 2.45) is 5.92 Å². The minimum atomic E-state index is -0.136. The Bertz CT molecular complexity index is 6750. The molecule has 3 N–H and O–H groups in total. The van der Waals surface area contributed by atoms with E-state index >= 15 is 0 Å². The highest BCUT2D eigenvalue weighted by Crippen LogP contribution is 2.39. The first-order valence-electron chi connectivity index (χ1n) is 50.7. The molecule has 0 fully saturated rings. The predicted octanol–water partition coefficient (Wildman–Crippen LogP) is 24.1. The monoisotopic (exact) mass is 2080 g/mol. The highest BCUT2D eigenvalue weighted by molar-refractivity contribution is 7.10. The highest BCUT2D eigenvalue weighted by Gasteiger charge is 2.27. The van der Waals surface area contributed by atoms with Gasteiger partial charge in [-0.05, 0) is 193 Å². The number of ether oxygens (including phenoxy) is 10. The van der Waals surface area contributed by atoms with Gasteiger partial charge >= 0.3 is 0 Å². The van der Waals surface area contributed by atoms with Crippen LogP contribution in [0.4, 0.5) is 0 Å². The molecule has 149 heavy (non-hydrogen) atoms.